The summed E-state index contributed by atoms with van der Waals surface area (Å²) in [7, 11) is 0. The molecular formula is C16H28O4. The van der Waals surface area contributed by atoms with Crippen molar-refractivity contribution >= 4 is 0 Å². The number of allylic oxidation sites excluding steroid dienone is 1. The van der Waals surface area contributed by atoms with Gasteiger partial charge in [-0.1, -0.05) is 32.4 Å². The number of hydrogen-bond donors (Lipinski definition) is 0. The Kier molecular flexibility index (Phi) is 7.00. The first-order chi connectivity index (χ1) is 9.83. The lowest BCUT2D eigenvalue weighted by atomic mass is 10.1. The van der Waals surface area contributed by atoms with E-state index >= 15 is 0 Å². The summed E-state index contributed by atoms with van der Waals surface area (Å²) in [6, 6.07) is 0. The van der Waals surface area contributed by atoms with E-state index in [1.54, 1.807) is 0 Å². The molecule has 0 bridgehead atoms. The Bertz CT molecular complexity index is 276. The molecule has 20 heavy (non-hydrogen) atoms. The minimum absolute atomic E-state index is 0.0324. The van der Waals surface area contributed by atoms with E-state index in [0.717, 1.165) is 32.5 Å². The van der Waals surface area contributed by atoms with E-state index < -0.39 is 0 Å². The largest absolute Gasteiger partial charge is 0.352 e. The Hall–Kier alpha value is -0.420. The second-order valence-corrected chi connectivity index (χ2v) is 5.63. The van der Waals surface area contributed by atoms with Gasteiger partial charge >= 0.3 is 0 Å². The summed E-state index contributed by atoms with van der Waals surface area (Å²) in [4.78, 5) is 0. The van der Waals surface area contributed by atoms with Crippen molar-refractivity contribution < 1.29 is 18.9 Å². The molecule has 2 aliphatic rings. The molecule has 0 spiro atoms. The molecule has 116 valence electrons. The fourth-order valence-electron chi connectivity index (χ4n) is 2.50. The first-order valence-corrected chi connectivity index (χ1v) is 7.96. The lowest BCUT2D eigenvalue weighted by Crippen LogP contribution is -2.44. The van der Waals surface area contributed by atoms with Crippen LogP contribution in [0.25, 0.3) is 0 Å². The van der Waals surface area contributed by atoms with Gasteiger partial charge < -0.3 is 18.9 Å². The van der Waals surface area contributed by atoms with Crippen LogP contribution in [0.4, 0.5) is 0 Å². The van der Waals surface area contributed by atoms with E-state index in [9.17, 15) is 0 Å². The van der Waals surface area contributed by atoms with Crippen LogP contribution in [-0.2, 0) is 18.9 Å². The van der Waals surface area contributed by atoms with Crippen LogP contribution in [0.1, 0.15) is 39.5 Å². The summed E-state index contributed by atoms with van der Waals surface area (Å²) in [6.07, 6.45) is 8.52. The zero-order valence-corrected chi connectivity index (χ0v) is 12.8. The molecule has 2 rings (SSSR count). The van der Waals surface area contributed by atoms with Gasteiger partial charge in [0, 0.05) is 5.92 Å². The van der Waals surface area contributed by atoms with Crippen LogP contribution in [0.5, 0.6) is 0 Å². The third-order valence-corrected chi connectivity index (χ3v) is 3.76. The number of unbranched alkanes of at least 4 members (excludes halogenated alkanes) is 1. The highest BCUT2D eigenvalue weighted by Crippen LogP contribution is 2.24. The lowest BCUT2D eigenvalue weighted by molar-refractivity contribution is -0.278. The van der Waals surface area contributed by atoms with E-state index in [1.807, 2.05) is 0 Å². The van der Waals surface area contributed by atoms with Crippen LogP contribution in [-0.4, -0.2) is 39.0 Å². The van der Waals surface area contributed by atoms with Gasteiger partial charge in [0.05, 0.1) is 32.3 Å². The summed E-state index contributed by atoms with van der Waals surface area (Å²) in [6.45, 7) is 7.13. The van der Waals surface area contributed by atoms with Crippen LogP contribution in [0.3, 0.4) is 0 Å². The monoisotopic (exact) mass is 284 g/mol. The molecule has 0 N–H and O–H groups in total. The SMILES string of the molecule is CCC=C[C@H]1CO[C@H]([C@H]2CO[C@H](CCCC)OC2)OC1. The Morgan fingerprint density at radius 1 is 0.950 bits per heavy atom. The van der Waals surface area contributed by atoms with E-state index in [2.05, 4.69) is 26.0 Å². The normalized spacial score (nSPS) is 35.5. The van der Waals surface area contributed by atoms with Gasteiger partial charge in [-0.25, -0.2) is 0 Å². The zero-order chi connectivity index (χ0) is 14.2. The van der Waals surface area contributed by atoms with Crippen molar-refractivity contribution in [2.24, 2.45) is 11.8 Å². The van der Waals surface area contributed by atoms with Crippen LogP contribution < -0.4 is 0 Å². The predicted octanol–water partition coefficient (Wildman–Crippen LogP) is 3.12. The fourth-order valence-corrected chi connectivity index (χ4v) is 2.50. The molecule has 0 saturated carbocycles. The predicted molar refractivity (Wildman–Crippen MR) is 77.3 cm³/mol. The van der Waals surface area contributed by atoms with Crippen molar-refractivity contribution in [3.05, 3.63) is 12.2 Å². The van der Waals surface area contributed by atoms with Gasteiger partial charge in [0.2, 0.25) is 0 Å². The first kappa shape index (κ1) is 16.0. The van der Waals surface area contributed by atoms with Crippen molar-refractivity contribution in [2.75, 3.05) is 26.4 Å². The Morgan fingerprint density at radius 3 is 2.25 bits per heavy atom. The Labute approximate surface area is 122 Å². The molecule has 2 saturated heterocycles. The van der Waals surface area contributed by atoms with E-state index in [4.69, 9.17) is 18.9 Å². The molecule has 2 fully saturated rings. The van der Waals surface area contributed by atoms with E-state index in [-0.39, 0.29) is 18.5 Å². The fraction of sp³-hybridized carbons (Fsp3) is 0.875. The van der Waals surface area contributed by atoms with Gasteiger partial charge in [0.1, 0.15) is 0 Å². The van der Waals surface area contributed by atoms with Crippen molar-refractivity contribution in [3.63, 3.8) is 0 Å². The molecule has 0 aliphatic carbocycles. The maximum atomic E-state index is 5.81. The third kappa shape index (κ3) is 4.85. The molecule has 0 aromatic carbocycles. The first-order valence-electron chi connectivity index (χ1n) is 7.96. The van der Waals surface area contributed by atoms with Gasteiger partial charge in [0.25, 0.3) is 0 Å². The van der Waals surface area contributed by atoms with Gasteiger partial charge in [-0.2, -0.15) is 0 Å². The lowest BCUT2D eigenvalue weighted by Gasteiger charge is -2.37. The molecule has 0 aromatic rings. The van der Waals surface area contributed by atoms with Crippen LogP contribution in [0, 0.1) is 11.8 Å². The summed E-state index contributed by atoms with van der Waals surface area (Å²) in [5.74, 6) is 0.581. The van der Waals surface area contributed by atoms with Crippen molar-refractivity contribution in [1.82, 2.24) is 0 Å². The number of hydrogen-bond acceptors (Lipinski definition) is 4. The van der Waals surface area contributed by atoms with E-state index in [1.165, 1.54) is 6.42 Å². The smallest absolute Gasteiger partial charge is 0.164 e. The maximum absolute atomic E-state index is 5.81. The third-order valence-electron chi connectivity index (χ3n) is 3.76. The Balaban J connectivity index is 1.66. The summed E-state index contributed by atoms with van der Waals surface area (Å²) >= 11 is 0. The highest BCUT2D eigenvalue weighted by molar-refractivity contribution is 4.89. The van der Waals surface area contributed by atoms with Crippen LogP contribution in [0.2, 0.25) is 0 Å². The molecule has 0 aromatic heterocycles. The average Bonchev–Trinajstić information content (AvgIpc) is 2.52. The standard InChI is InChI=1S/C16H28O4/c1-3-5-7-13-9-19-16(20-10-13)14-11-17-15(18-12-14)8-6-4-2/h5,7,13-16H,3-4,6,8-12H2,1-2H3/t13-,14-,15-,16-. The topological polar surface area (TPSA) is 36.9 Å². The highest BCUT2D eigenvalue weighted by Gasteiger charge is 2.32. The minimum atomic E-state index is -0.173. The van der Waals surface area contributed by atoms with Gasteiger partial charge in [-0.05, 0) is 19.3 Å². The average molecular weight is 284 g/mol. The van der Waals surface area contributed by atoms with Crippen LogP contribution in [0.15, 0.2) is 12.2 Å². The molecule has 0 atom stereocenters. The molecule has 4 heteroatoms. The summed E-state index contributed by atoms with van der Waals surface area (Å²) < 4.78 is 23.1. The van der Waals surface area contributed by atoms with Crippen molar-refractivity contribution in [3.8, 4) is 0 Å². The summed E-state index contributed by atoms with van der Waals surface area (Å²) in [5, 5.41) is 0. The molecule has 0 radical (unpaired) electrons. The molecule has 0 amide bonds. The molecular weight excluding hydrogens is 256 g/mol. The highest BCUT2D eigenvalue weighted by atomic mass is 16.7. The van der Waals surface area contributed by atoms with E-state index in [0.29, 0.717) is 19.1 Å². The number of rotatable bonds is 6. The van der Waals surface area contributed by atoms with Crippen LogP contribution >= 0.6 is 0 Å². The molecule has 2 aliphatic heterocycles. The van der Waals surface area contributed by atoms with Gasteiger partial charge in [-0.3, -0.25) is 0 Å². The molecule has 0 unspecified atom stereocenters. The second-order valence-electron chi connectivity index (χ2n) is 5.63. The maximum Gasteiger partial charge on any atom is 0.164 e. The Morgan fingerprint density at radius 2 is 1.65 bits per heavy atom. The second kappa shape index (κ2) is 8.78. The molecule has 4 nitrogen and oxygen atoms in total. The van der Waals surface area contributed by atoms with Gasteiger partial charge in [0.15, 0.2) is 12.6 Å². The quantitative estimate of drug-likeness (QED) is 0.702. The van der Waals surface area contributed by atoms with Gasteiger partial charge in [-0.15, -0.1) is 0 Å². The number of ether oxygens (including phenoxy) is 4. The van der Waals surface area contributed by atoms with Crippen molar-refractivity contribution in [2.45, 2.75) is 52.1 Å². The van der Waals surface area contributed by atoms with Crippen molar-refractivity contribution in [1.29, 1.82) is 0 Å². The minimum Gasteiger partial charge on any atom is -0.352 e. The zero-order valence-electron chi connectivity index (χ0n) is 12.8. The summed E-state index contributed by atoms with van der Waals surface area (Å²) in [5.41, 5.74) is 0. The molecule has 2 heterocycles.